The van der Waals surface area contributed by atoms with Gasteiger partial charge in [0.25, 0.3) is 5.91 Å². The monoisotopic (exact) mass is 491 g/mol. The van der Waals surface area contributed by atoms with E-state index in [0.717, 1.165) is 61.1 Å². The molecule has 0 bridgehead atoms. The number of aliphatic carboxylic acids is 1. The summed E-state index contributed by atoms with van der Waals surface area (Å²) in [6.45, 7) is 1.30. The van der Waals surface area contributed by atoms with Crippen molar-refractivity contribution in [1.29, 1.82) is 0 Å². The van der Waals surface area contributed by atoms with Gasteiger partial charge in [-0.25, -0.2) is 9.78 Å². The Balaban J connectivity index is 1.03. The second-order valence-electron chi connectivity index (χ2n) is 9.94. The van der Waals surface area contributed by atoms with Crippen molar-refractivity contribution in [2.75, 3.05) is 18.5 Å². The number of pyridine rings is 1. The van der Waals surface area contributed by atoms with E-state index < -0.39 is 17.9 Å². The number of fused-ring (bicyclic) bond motifs is 2. The van der Waals surface area contributed by atoms with E-state index in [9.17, 15) is 14.7 Å². The van der Waals surface area contributed by atoms with Crippen molar-refractivity contribution >= 4 is 28.6 Å². The highest BCUT2D eigenvalue weighted by Gasteiger charge is 2.30. The summed E-state index contributed by atoms with van der Waals surface area (Å²) in [5.41, 5.74) is 3.64. The molecule has 3 N–H and O–H groups in total. The summed E-state index contributed by atoms with van der Waals surface area (Å²) in [5.74, 6) is 0.181. The van der Waals surface area contributed by atoms with Gasteiger partial charge in [-0.15, -0.1) is 0 Å². The van der Waals surface area contributed by atoms with E-state index in [2.05, 4.69) is 27.9 Å². The lowest BCUT2D eigenvalue weighted by atomic mass is 9.79. The van der Waals surface area contributed by atoms with Gasteiger partial charge < -0.3 is 20.5 Å². The molecule has 0 spiro atoms. The molecule has 5 rings (SSSR count). The van der Waals surface area contributed by atoms with Crippen LogP contribution in [0.25, 0.3) is 10.9 Å². The molecule has 9 nitrogen and oxygen atoms in total. The van der Waals surface area contributed by atoms with E-state index in [1.165, 1.54) is 12.0 Å². The number of carboxylic acids is 1. The largest absolute Gasteiger partial charge is 0.480 e. The molecule has 2 aliphatic rings. The lowest BCUT2D eigenvalue weighted by molar-refractivity contribution is -0.140. The van der Waals surface area contributed by atoms with Crippen LogP contribution in [0.2, 0.25) is 0 Å². The predicted octanol–water partition coefficient (Wildman–Crippen LogP) is 3.33. The minimum atomic E-state index is -1.06. The maximum atomic E-state index is 12.6. The van der Waals surface area contributed by atoms with Crippen LogP contribution in [0.3, 0.4) is 0 Å². The molecule has 9 heteroatoms. The molecule has 1 amide bonds. The zero-order valence-electron chi connectivity index (χ0n) is 20.6. The number of carboxylic acid groups (broad SMARTS) is 1. The molecule has 190 valence electrons. The van der Waals surface area contributed by atoms with E-state index in [-0.39, 0.29) is 12.5 Å². The number of amides is 1. The highest BCUT2D eigenvalue weighted by atomic mass is 16.5. The predicted molar refractivity (Wildman–Crippen MR) is 136 cm³/mol. The van der Waals surface area contributed by atoms with Gasteiger partial charge in [0.1, 0.15) is 11.9 Å². The molecule has 2 aromatic heterocycles. The average molecular weight is 492 g/mol. The van der Waals surface area contributed by atoms with Crippen LogP contribution in [0.4, 0.5) is 5.82 Å². The van der Waals surface area contributed by atoms with Gasteiger partial charge in [0.05, 0.1) is 11.6 Å². The number of ether oxygens (including phenoxy) is 1. The molecule has 1 saturated carbocycles. The third-order valence-corrected chi connectivity index (χ3v) is 7.20. The van der Waals surface area contributed by atoms with Gasteiger partial charge in [-0.3, -0.25) is 9.48 Å². The summed E-state index contributed by atoms with van der Waals surface area (Å²) >= 11 is 0. The van der Waals surface area contributed by atoms with Gasteiger partial charge >= 0.3 is 5.97 Å². The van der Waals surface area contributed by atoms with Crippen molar-refractivity contribution in [1.82, 2.24) is 20.1 Å². The quantitative estimate of drug-likeness (QED) is 0.398. The Morgan fingerprint density at radius 1 is 1.28 bits per heavy atom. The third-order valence-electron chi connectivity index (χ3n) is 7.20. The standard InChI is InChI=1S/C27H33N5O4/c1-32-16-20-15-19(6-9-23(20)31-32)26(33)30-24(27(34)35)10-12-36-22-13-17(14-22)4-7-21-8-5-18-3-2-11-28-25(18)29-21/h5-6,8-9,15-17,22,24H,2-4,7,10-14H2,1H3,(H,28,29)(H,30,33)(H,34,35). The lowest BCUT2D eigenvalue weighted by Gasteiger charge is -2.35. The number of nitrogens with zero attached hydrogens (tertiary/aromatic N) is 3. The van der Waals surface area contributed by atoms with Gasteiger partial charge in [-0.05, 0) is 74.3 Å². The summed E-state index contributed by atoms with van der Waals surface area (Å²) in [7, 11) is 1.81. The molecule has 0 radical (unpaired) electrons. The van der Waals surface area contributed by atoms with Crippen molar-refractivity contribution in [3.8, 4) is 0 Å². The molecular formula is C27H33N5O4. The molecule has 1 atom stereocenters. The maximum Gasteiger partial charge on any atom is 0.326 e. The van der Waals surface area contributed by atoms with Crippen molar-refractivity contribution in [3.63, 3.8) is 0 Å². The van der Waals surface area contributed by atoms with Crippen LogP contribution in [0.1, 0.15) is 53.7 Å². The van der Waals surface area contributed by atoms with E-state index in [1.807, 2.05) is 13.2 Å². The number of nitrogens with one attached hydrogen (secondary N) is 2. The maximum absolute atomic E-state index is 12.6. The molecule has 3 heterocycles. The average Bonchev–Trinajstić information content (AvgIpc) is 3.22. The Hall–Kier alpha value is -3.46. The summed E-state index contributed by atoms with van der Waals surface area (Å²) in [5, 5.41) is 20.7. The van der Waals surface area contributed by atoms with E-state index >= 15 is 0 Å². The van der Waals surface area contributed by atoms with E-state index in [0.29, 0.717) is 18.1 Å². The first-order chi connectivity index (χ1) is 17.4. The number of carbonyl (C=O) groups excluding carboxylic acids is 1. The summed E-state index contributed by atoms with van der Waals surface area (Å²) in [6.07, 6.45) is 8.49. The highest BCUT2D eigenvalue weighted by molar-refractivity contribution is 5.99. The third kappa shape index (κ3) is 5.67. The fourth-order valence-corrected chi connectivity index (χ4v) is 5.05. The molecule has 0 saturated heterocycles. The second-order valence-corrected chi connectivity index (χ2v) is 9.94. The van der Waals surface area contributed by atoms with Crippen LogP contribution in [-0.4, -0.2) is 57.0 Å². The van der Waals surface area contributed by atoms with E-state index in [1.54, 1.807) is 22.9 Å². The SMILES string of the molecule is Cn1cc2cc(C(=O)NC(CCOC3CC(CCc4ccc5c(n4)NCCC5)C3)C(=O)O)ccc2n1. The zero-order valence-corrected chi connectivity index (χ0v) is 20.6. The van der Waals surface area contributed by atoms with Crippen LogP contribution in [0, 0.1) is 5.92 Å². The first-order valence-corrected chi connectivity index (χ1v) is 12.8. The lowest BCUT2D eigenvalue weighted by Crippen LogP contribution is -2.42. The molecular weight excluding hydrogens is 458 g/mol. The zero-order chi connectivity index (χ0) is 25.1. The Morgan fingerprint density at radius 2 is 2.14 bits per heavy atom. The van der Waals surface area contributed by atoms with E-state index in [4.69, 9.17) is 9.72 Å². The number of carbonyl (C=O) groups is 2. The molecule has 1 aliphatic carbocycles. The normalized spacial score (nSPS) is 19.7. The first-order valence-electron chi connectivity index (χ1n) is 12.8. The number of rotatable bonds is 10. The van der Waals surface area contributed by atoms with Crippen molar-refractivity contribution in [3.05, 3.63) is 53.3 Å². The van der Waals surface area contributed by atoms with Crippen molar-refractivity contribution in [2.45, 2.75) is 57.1 Å². The van der Waals surface area contributed by atoms with Gasteiger partial charge in [-0.1, -0.05) is 6.07 Å². The van der Waals surface area contributed by atoms with Gasteiger partial charge in [0, 0.05) is 49.5 Å². The van der Waals surface area contributed by atoms with Crippen molar-refractivity contribution in [2.24, 2.45) is 13.0 Å². The minimum Gasteiger partial charge on any atom is -0.480 e. The van der Waals surface area contributed by atoms with Crippen LogP contribution in [0.5, 0.6) is 0 Å². The summed E-state index contributed by atoms with van der Waals surface area (Å²) in [4.78, 5) is 29.1. The summed E-state index contributed by atoms with van der Waals surface area (Å²) in [6, 6.07) is 8.48. The Labute approximate surface area is 210 Å². The fraction of sp³-hybridized carbons (Fsp3) is 0.481. The van der Waals surface area contributed by atoms with Gasteiger partial charge in [0.15, 0.2) is 0 Å². The highest BCUT2D eigenvalue weighted by Crippen LogP contribution is 2.34. The first kappa shape index (κ1) is 24.2. The fourth-order valence-electron chi connectivity index (χ4n) is 5.05. The number of hydrogen-bond acceptors (Lipinski definition) is 6. The number of aromatic nitrogens is 3. The summed E-state index contributed by atoms with van der Waals surface area (Å²) < 4.78 is 7.59. The number of anilines is 1. The van der Waals surface area contributed by atoms with Crippen LogP contribution >= 0.6 is 0 Å². The molecule has 3 aromatic rings. The molecule has 1 aliphatic heterocycles. The number of hydrogen-bond donors (Lipinski definition) is 3. The second kappa shape index (κ2) is 10.7. The smallest absolute Gasteiger partial charge is 0.326 e. The van der Waals surface area contributed by atoms with Crippen LogP contribution in [0.15, 0.2) is 36.5 Å². The number of benzene rings is 1. The van der Waals surface area contributed by atoms with Crippen LogP contribution in [-0.2, 0) is 29.4 Å². The Bertz CT molecular complexity index is 1250. The molecule has 36 heavy (non-hydrogen) atoms. The van der Waals surface area contributed by atoms with Gasteiger partial charge in [0.2, 0.25) is 0 Å². The van der Waals surface area contributed by atoms with Crippen LogP contribution < -0.4 is 10.6 Å². The molecule has 1 unspecified atom stereocenters. The topological polar surface area (TPSA) is 118 Å². The Morgan fingerprint density at radius 3 is 2.97 bits per heavy atom. The van der Waals surface area contributed by atoms with Crippen molar-refractivity contribution < 1.29 is 19.4 Å². The Kier molecular flexibility index (Phi) is 7.18. The number of aryl methyl sites for hydroxylation is 3. The minimum absolute atomic E-state index is 0.159. The van der Waals surface area contributed by atoms with Gasteiger partial charge in [-0.2, -0.15) is 5.10 Å². The molecule has 1 aromatic carbocycles. The molecule has 1 fully saturated rings.